The summed E-state index contributed by atoms with van der Waals surface area (Å²) in [5, 5.41) is 0. The Morgan fingerprint density at radius 2 is 1.62 bits per heavy atom. The Kier molecular flexibility index (Phi) is 4.87. The summed E-state index contributed by atoms with van der Waals surface area (Å²) in [4.78, 5) is 0.169. The normalized spacial score (nSPS) is 11.6. The van der Waals surface area contributed by atoms with Crippen LogP contribution in [0.2, 0.25) is 0 Å². The van der Waals surface area contributed by atoms with E-state index in [-0.39, 0.29) is 17.2 Å². The predicted octanol–water partition coefficient (Wildman–Crippen LogP) is 2.77. The van der Waals surface area contributed by atoms with Crippen LogP contribution >= 0.6 is 0 Å². The Morgan fingerprint density at radius 3 is 2.19 bits per heavy atom. The largest absolute Gasteiger partial charge is 0.435 e. The van der Waals surface area contributed by atoms with E-state index in [2.05, 4.69) is 9.46 Å². The molecule has 0 atom stereocenters. The molecular weight excluding hydrogens is 300 g/mol. The van der Waals surface area contributed by atoms with Crippen molar-refractivity contribution in [2.24, 2.45) is 0 Å². The summed E-state index contributed by atoms with van der Waals surface area (Å²) in [7, 11) is -3.59. The summed E-state index contributed by atoms with van der Waals surface area (Å²) in [6.45, 7) is -2.82. The second-order valence-corrected chi connectivity index (χ2v) is 5.93. The van der Waals surface area contributed by atoms with Gasteiger partial charge in [0.1, 0.15) is 5.75 Å². The van der Waals surface area contributed by atoms with Gasteiger partial charge in [-0.25, -0.2) is 13.1 Å². The summed E-state index contributed by atoms with van der Waals surface area (Å²) in [5.41, 5.74) is 0.635. The molecule has 7 heteroatoms. The van der Waals surface area contributed by atoms with E-state index in [1.807, 2.05) is 0 Å². The monoisotopic (exact) mass is 313 g/mol. The maximum absolute atomic E-state index is 12.0. The number of nitrogens with one attached hydrogen (secondary N) is 1. The first-order chi connectivity index (χ1) is 9.97. The molecule has 0 bridgehead atoms. The third-order valence-electron chi connectivity index (χ3n) is 2.67. The lowest BCUT2D eigenvalue weighted by atomic mass is 10.2. The van der Waals surface area contributed by atoms with Crippen molar-refractivity contribution in [2.45, 2.75) is 18.1 Å². The van der Waals surface area contributed by atoms with Crippen LogP contribution in [0.1, 0.15) is 5.56 Å². The van der Waals surface area contributed by atoms with Crippen LogP contribution in [-0.4, -0.2) is 15.0 Å². The van der Waals surface area contributed by atoms with Crippen molar-refractivity contribution in [3.63, 3.8) is 0 Å². The molecule has 0 saturated heterocycles. The van der Waals surface area contributed by atoms with E-state index in [0.717, 1.165) is 0 Å². The van der Waals surface area contributed by atoms with Crippen LogP contribution in [0.5, 0.6) is 5.75 Å². The molecular formula is C14H13F2NO3S. The second-order valence-electron chi connectivity index (χ2n) is 4.16. The van der Waals surface area contributed by atoms with Crippen LogP contribution in [0.15, 0.2) is 59.5 Å². The molecule has 112 valence electrons. The standard InChI is InChI=1S/C14H13F2NO3S/c15-14(16)20-12-8-6-11(7-9-12)10-17-21(18,19)13-4-2-1-3-5-13/h1-9,14,17H,10H2. The van der Waals surface area contributed by atoms with Gasteiger partial charge in [-0.2, -0.15) is 8.78 Å². The van der Waals surface area contributed by atoms with Crippen LogP contribution in [0.4, 0.5) is 8.78 Å². The molecule has 0 heterocycles. The highest BCUT2D eigenvalue weighted by Gasteiger charge is 2.12. The minimum Gasteiger partial charge on any atom is -0.435 e. The third-order valence-corrected chi connectivity index (χ3v) is 4.09. The van der Waals surface area contributed by atoms with E-state index in [1.54, 1.807) is 18.2 Å². The molecule has 0 amide bonds. The molecule has 0 aliphatic heterocycles. The van der Waals surface area contributed by atoms with Crippen LogP contribution in [-0.2, 0) is 16.6 Å². The van der Waals surface area contributed by atoms with Crippen molar-refractivity contribution >= 4 is 10.0 Å². The van der Waals surface area contributed by atoms with Gasteiger partial charge in [0, 0.05) is 6.54 Å². The highest BCUT2D eigenvalue weighted by atomic mass is 32.2. The van der Waals surface area contributed by atoms with Gasteiger partial charge >= 0.3 is 6.61 Å². The molecule has 21 heavy (non-hydrogen) atoms. The maximum Gasteiger partial charge on any atom is 0.387 e. The number of sulfonamides is 1. The average Bonchev–Trinajstić information content (AvgIpc) is 2.47. The molecule has 0 aromatic heterocycles. The molecule has 1 N–H and O–H groups in total. The Labute approximate surface area is 121 Å². The minimum atomic E-state index is -3.59. The highest BCUT2D eigenvalue weighted by molar-refractivity contribution is 7.89. The zero-order chi connectivity index (χ0) is 15.3. The first kappa shape index (κ1) is 15.4. The highest BCUT2D eigenvalue weighted by Crippen LogP contribution is 2.15. The molecule has 0 unspecified atom stereocenters. The molecule has 0 saturated carbocycles. The molecule has 0 radical (unpaired) electrons. The summed E-state index contributed by atoms with van der Waals surface area (Å²) in [5.74, 6) is 0.0275. The number of benzene rings is 2. The molecule has 2 aromatic rings. The van der Waals surface area contributed by atoms with E-state index in [9.17, 15) is 17.2 Å². The molecule has 4 nitrogen and oxygen atoms in total. The number of halogens is 2. The van der Waals surface area contributed by atoms with Gasteiger partial charge in [-0.05, 0) is 29.8 Å². The summed E-state index contributed by atoms with van der Waals surface area (Å²) in [6.07, 6.45) is 0. The topological polar surface area (TPSA) is 55.4 Å². The van der Waals surface area contributed by atoms with Gasteiger partial charge in [0.05, 0.1) is 4.90 Å². The molecule has 0 aliphatic rings. The quantitative estimate of drug-likeness (QED) is 0.892. The second kappa shape index (κ2) is 6.64. The first-order valence-electron chi connectivity index (χ1n) is 6.06. The number of hydrogen-bond acceptors (Lipinski definition) is 3. The fourth-order valence-corrected chi connectivity index (χ4v) is 2.69. The summed E-state index contributed by atoms with van der Waals surface area (Å²) >= 11 is 0. The Bertz CT molecular complexity index is 673. The fraction of sp³-hybridized carbons (Fsp3) is 0.143. The average molecular weight is 313 g/mol. The van der Waals surface area contributed by atoms with E-state index < -0.39 is 16.6 Å². The number of alkyl halides is 2. The van der Waals surface area contributed by atoms with Crippen molar-refractivity contribution in [3.05, 3.63) is 60.2 Å². The van der Waals surface area contributed by atoms with Crippen molar-refractivity contribution in [3.8, 4) is 5.75 Å². The van der Waals surface area contributed by atoms with Crippen molar-refractivity contribution in [1.29, 1.82) is 0 Å². The SMILES string of the molecule is O=S(=O)(NCc1ccc(OC(F)F)cc1)c1ccccc1. The van der Waals surface area contributed by atoms with E-state index in [0.29, 0.717) is 5.56 Å². The lowest BCUT2D eigenvalue weighted by Crippen LogP contribution is -2.23. The van der Waals surface area contributed by atoms with Crippen LogP contribution in [0, 0.1) is 0 Å². The van der Waals surface area contributed by atoms with E-state index >= 15 is 0 Å². The third kappa shape index (κ3) is 4.51. The molecule has 0 aliphatic carbocycles. The minimum absolute atomic E-state index is 0.0275. The molecule has 2 rings (SSSR count). The summed E-state index contributed by atoms with van der Waals surface area (Å²) in [6, 6.07) is 13.7. The van der Waals surface area contributed by atoms with Crippen LogP contribution in [0.25, 0.3) is 0 Å². The van der Waals surface area contributed by atoms with Crippen molar-refractivity contribution < 1.29 is 21.9 Å². The van der Waals surface area contributed by atoms with Gasteiger partial charge in [-0.15, -0.1) is 0 Å². The smallest absolute Gasteiger partial charge is 0.387 e. The van der Waals surface area contributed by atoms with Gasteiger partial charge in [0.15, 0.2) is 0 Å². The van der Waals surface area contributed by atoms with Gasteiger partial charge in [-0.3, -0.25) is 0 Å². The maximum atomic E-state index is 12.0. The van der Waals surface area contributed by atoms with Crippen molar-refractivity contribution in [2.75, 3.05) is 0 Å². The lowest BCUT2D eigenvalue weighted by molar-refractivity contribution is -0.0498. The lowest BCUT2D eigenvalue weighted by Gasteiger charge is -2.08. The van der Waals surface area contributed by atoms with Gasteiger partial charge < -0.3 is 4.74 Å². The van der Waals surface area contributed by atoms with E-state index in [1.165, 1.54) is 36.4 Å². The van der Waals surface area contributed by atoms with Gasteiger partial charge in [0.25, 0.3) is 0 Å². The van der Waals surface area contributed by atoms with Gasteiger partial charge in [-0.1, -0.05) is 30.3 Å². The first-order valence-corrected chi connectivity index (χ1v) is 7.54. The van der Waals surface area contributed by atoms with Crippen molar-refractivity contribution in [1.82, 2.24) is 4.72 Å². The number of ether oxygens (including phenoxy) is 1. The number of rotatable bonds is 6. The van der Waals surface area contributed by atoms with Crippen LogP contribution in [0.3, 0.4) is 0 Å². The Morgan fingerprint density at radius 1 is 1.00 bits per heavy atom. The zero-order valence-corrected chi connectivity index (χ0v) is 11.7. The summed E-state index contributed by atoms with van der Waals surface area (Å²) < 4.78 is 54.6. The van der Waals surface area contributed by atoms with Crippen LogP contribution < -0.4 is 9.46 Å². The van der Waals surface area contributed by atoms with Gasteiger partial charge in [0.2, 0.25) is 10.0 Å². The zero-order valence-electron chi connectivity index (χ0n) is 10.9. The molecule has 2 aromatic carbocycles. The molecule has 0 spiro atoms. The van der Waals surface area contributed by atoms with E-state index in [4.69, 9.17) is 0 Å². The number of hydrogen-bond donors (Lipinski definition) is 1. The molecule has 0 fully saturated rings. The Hall–Kier alpha value is -1.99. The fourth-order valence-electron chi connectivity index (χ4n) is 1.65. The Balaban J connectivity index is 2.00. The predicted molar refractivity (Wildman–Crippen MR) is 73.5 cm³/mol.